The average Bonchev–Trinajstić information content (AvgIpc) is 2.43. The number of alkyl halides is 3. The van der Waals surface area contributed by atoms with Gasteiger partial charge in [-0.25, -0.2) is 4.39 Å². The van der Waals surface area contributed by atoms with E-state index in [1.807, 2.05) is 6.92 Å². The summed E-state index contributed by atoms with van der Waals surface area (Å²) in [5.41, 5.74) is 3.73. The van der Waals surface area contributed by atoms with Crippen LogP contribution in [0.3, 0.4) is 0 Å². The van der Waals surface area contributed by atoms with Crippen LogP contribution in [0.15, 0.2) is 18.2 Å². The molecule has 0 amide bonds. The third-order valence-corrected chi connectivity index (χ3v) is 4.32. The summed E-state index contributed by atoms with van der Waals surface area (Å²) in [5.74, 6) is 3.45. The van der Waals surface area contributed by atoms with Crippen molar-refractivity contribution in [3.8, 4) is 0 Å². The first-order chi connectivity index (χ1) is 9.82. The van der Waals surface area contributed by atoms with Crippen molar-refractivity contribution in [3.05, 3.63) is 35.1 Å². The van der Waals surface area contributed by atoms with Gasteiger partial charge in [-0.2, -0.15) is 13.2 Å². The molecule has 2 rings (SSSR count). The van der Waals surface area contributed by atoms with Crippen LogP contribution in [0, 0.1) is 24.6 Å². The third-order valence-electron chi connectivity index (χ3n) is 4.32. The molecule has 0 spiro atoms. The van der Waals surface area contributed by atoms with E-state index in [-0.39, 0.29) is 18.8 Å². The molecule has 3 N–H and O–H groups in total. The van der Waals surface area contributed by atoms with Gasteiger partial charge in [0.1, 0.15) is 5.82 Å². The lowest BCUT2D eigenvalue weighted by molar-refractivity contribution is -0.186. The molecule has 1 aliphatic carbocycles. The highest BCUT2D eigenvalue weighted by molar-refractivity contribution is 5.27. The minimum absolute atomic E-state index is 0.00819. The molecule has 1 fully saturated rings. The number of nitrogens with one attached hydrogen (secondary N) is 1. The zero-order valence-electron chi connectivity index (χ0n) is 11.9. The van der Waals surface area contributed by atoms with E-state index in [0.29, 0.717) is 18.4 Å². The van der Waals surface area contributed by atoms with Gasteiger partial charge in [0.25, 0.3) is 0 Å². The van der Waals surface area contributed by atoms with Gasteiger partial charge in [-0.3, -0.25) is 11.3 Å². The molecule has 0 aromatic heterocycles. The van der Waals surface area contributed by atoms with E-state index in [4.69, 9.17) is 5.84 Å². The second-order valence-electron chi connectivity index (χ2n) is 5.83. The number of hydrogen-bond acceptors (Lipinski definition) is 2. The average molecular weight is 304 g/mol. The molecule has 6 heteroatoms. The molecule has 0 heterocycles. The smallest absolute Gasteiger partial charge is 0.271 e. The van der Waals surface area contributed by atoms with Crippen molar-refractivity contribution in [3.63, 3.8) is 0 Å². The summed E-state index contributed by atoms with van der Waals surface area (Å²) < 4.78 is 52.7. The van der Waals surface area contributed by atoms with Crippen molar-refractivity contribution >= 4 is 0 Å². The monoisotopic (exact) mass is 304 g/mol. The number of halogens is 4. The second kappa shape index (κ2) is 6.32. The normalized spacial score (nSPS) is 24.9. The SMILES string of the molecule is Cc1ccc(F)c(C(NN)C2CCCC(C(F)(F)F)C2)c1. The van der Waals surface area contributed by atoms with Gasteiger partial charge in [0, 0.05) is 5.56 Å². The Morgan fingerprint density at radius 2 is 2.00 bits per heavy atom. The zero-order valence-corrected chi connectivity index (χ0v) is 11.9. The molecule has 1 aromatic carbocycles. The first kappa shape index (κ1) is 16.2. The van der Waals surface area contributed by atoms with Crippen LogP contribution in [0.25, 0.3) is 0 Å². The van der Waals surface area contributed by atoms with Crippen LogP contribution in [-0.4, -0.2) is 6.18 Å². The third kappa shape index (κ3) is 3.74. The van der Waals surface area contributed by atoms with E-state index in [9.17, 15) is 17.6 Å². The van der Waals surface area contributed by atoms with Gasteiger partial charge in [-0.1, -0.05) is 24.1 Å². The number of hydrogen-bond donors (Lipinski definition) is 2. The van der Waals surface area contributed by atoms with Crippen LogP contribution >= 0.6 is 0 Å². The first-order valence-corrected chi connectivity index (χ1v) is 7.11. The Bertz CT molecular complexity index is 487. The van der Waals surface area contributed by atoms with Gasteiger partial charge >= 0.3 is 6.18 Å². The van der Waals surface area contributed by atoms with Crippen molar-refractivity contribution in [2.45, 2.75) is 44.8 Å². The maximum atomic E-state index is 14.0. The molecule has 0 bridgehead atoms. The fourth-order valence-electron chi connectivity index (χ4n) is 3.21. The highest BCUT2D eigenvalue weighted by Crippen LogP contribution is 2.44. The molecule has 2 nitrogen and oxygen atoms in total. The molecule has 118 valence electrons. The molecule has 1 aromatic rings. The van der Waals surface area contributed by atoms with Crippen molar-refractivity contribution in [2.75, 3.05) is 0 Å². The number of rotatable bonds is 3. The lowest BCUT2D eigenvalue weighted by Gasteiger charge is -2.35. The Morgan fingerprint density at radius 3 is 2.62 bits per heavy atom. The summed E-state index contributed by atoms with van der Waals surface area (Å²) in [4.78, 5) is 0. The Labute approximate surface area is 121 Å². The number of nitrogens with two attached hydrogens (primary N) is 1. The van der Waals surface area contributed by atoms with Crippen molar-refractivity contribution in [1.29, 1.82) is 0 Å². The molecule has 3 atom stereocenters. The van der Waals surface area contributed by atoms with E-state index < -0.39 is 24.0 Å². The van der Waals surface area contributed by atoms with Crippen molar-refractivity contribution in [2.24, 2.45) is 17.7 Å². The van der Waals surface area contributed by atoms with Gasteiger partial charge in [0.05, 0.1) is 12.0 Å². The van der Waals surface area contributed by atoms with E-state index in [2.05, 4.69) is 5.43 Å². The van der Waals surface area contributed by atoms with Crippen molar-refractivity contribution in [1.82, 2.24) is 5.43 Å². The predicted octanol–water partition coefficient (Wildman–Crippen LogP) is 4.01. The van der Waals surface area contributed by atoms with Crippen LogP contribution in [0.1, 0.15) is 42.9 Å². The summed E-state index contributed by atoms with van der Waals surface area (Å²) in [6.45, 7) is 1.82. The predicted molar refractivity (Wildman–Crippen MR) is 72.7 cm³/mol. The second-order valence-corrected chi connectivity index (χ2v) is 5.83. The van der Waals surface area contributed by atoms with Crippen molar-refractivity contribution < 1.29 is 17.6 Å². The van der Waals surface area contributed by atoms with Crippen LogP contribution in [0.5, 0.6) is 0 Å². The minimum atomic E-state index is -4.19. The Morgan fingerprint density at radius 1 is 1.29 bits per heavy atom. The topological polar surface area (TPSA) is 38.0 Å². The number of hydrazine groups is 1. The molecule has 21 heavy (non-hydrogen) atoms. The summed E-state index contributed by atoms with van der Waals surface area (Å²) in [7, 11) is 0. The summed E-state index contributed by atoms with van der Waals surface area (Å²) >= 11 is 0. The molecule has 0 radical (unpaired) electrons. The Kier molecular flexibility index (Phi) is 4.88. The van der Waals surface area contributed by atoms with Crippen LogP contribution < -0.4 is 11.3 Å². The van der Waals surface area contributed by atoms with Gasteiger partial charge in [0.2, 0.25) is 0 Å². The lowest BCUT2D eigenvalue weighted by atomic mass is 9.75. The number of aryl methyl sites for hydroxylation is 1. The van der Waals surface area contributed by atoms with Crippen LogP contribution in [0.2, 0.25) is 0 Å². The van der Waals surface area contributed by atoms with Crippen LogP contribution in [-0.2, 0) is 0 Å². The summed E-state index contributed by atoms with van der Waals surface area (Å²) in [6.07, 6.45) is -2.95. The fourth-order valence-corrected chi connectivity index (χ4v) is 3.21. The summed E-state index contributed by atoms with van der Waals surface area (Å²) in [6, 6.07) is 4.03. The highest BCUT2D eigenvalue weighted by atomic mass is 19.4. The van der Waals surface area contributed by atoms with Gasteiger partial charge in [-0.05, 0) is 38.2 Å². The molecular weight excluding hydrogens is 284 g/mol. The largest absolute Gasteiger partial charge is 0.391 e. The quantitative estimate of drug-likeness (QED) is 0.503. The molecule has 1 aliphatic rings. The molecule has 3 unspecified atom stereocenters. The Balaban J connectivity index is 2.23. The first-order valence-electron chi connectivity index (χ1n) is 7.11. The van der Waals surface area contributed by atoms with E-state index in [1.165, 1.54) is 6.07 Å². The molecular formula is C15H20F4N2. The van der Waals surface area contributed by atoms with E-state index in [0.717, 1.165) is 5.56 Å². The van der Waals surface area contributed by atoms with Gasteiger partial charge < -0.3 is 0 Å². The highest BCUT2D eigenvalue weighted by Gasteiger charge is 2.43. The fraction of sp³-hybridized carbons (Fsp3) is 0.600. The summed E-state index contributed by atoms with van der Waals surface area (Å²) in [5, 5.41) is 0. The minimum Gasteiger partial charge on any atom is -0.271 e. The maximum Gasteiger partial charge on any atom is 0.391 e. The van der Waals surface area contributed by atoms with E-state index in [1.54, 1.807) is 12.1 Å². The van der Waals surface area contributed by atoms with Crippen LogP contribution in [0.4, 0.5) is 17.6 Å². The molecule has 0 saturated heterocycles. The van der Waals surface area contributed by atoms with Gasteiger partial charge in [0.15, 0.2) is 0 Å². The number of benzene rings is 1. The lowest BCUT2D eigenvalue weighted by Crippen LogP contribution is -2.38. The van der Waals surface area contributed by atoms with E-state index >= 15 is 0 Å². The standard InChI is InChI=1S/C15H20F4N2/c1-9-5-6-13(16)12(7-9)14(21-20)10-3-2-4-11(8-10)15(17,18)19/h5-7,10-11,14,21H,2-4,8,20H2,1H3. The molecule has 1 saturated carbocycles. The maximum absolute atomic E-state index is 14.0. The Hall–Kier alpha value is -1.14. The zero-order chi connectivity index (χ0) is 15.6. The van der Waals surface area contributed by atoms with Gasteiger partial charge in [-0.15, -0.1) is 0 Å². The molecule has 0 aliphatic heterocycles.